The van der Waals surface area contributed by atoms with Crippen molar-refractivity contribution in [1.29, 1.82) is 0 Å². The number of carbonyl (C=O) groups is 11. The summed E-state index contributed by atoms with van der Waals surface area (Å²) >= 11 is 0. The average Bonchev–Trinajstić information content (AvgIpc) is 0.847. The molecule has 0 aliphatic rings. The number of hydrogen-bond acceptors (Lipinski definition) is 15. The molecule has 0 saturated heterocycles. The first-order valence-electron chi connectivity index (χ1n) is 50.8. The summed E-state index contributed by atoms with van der Waals surface area (Å²) in [6.45, 7) is 7.23. The number of benzene rings is 4. The molecule has 4 aromatic rings. The topological polar surface area (TPSA) is 336 Å². The van der Waals surface area contributed by atoms with Crippen molar-refractivity contribution in [3.8, 4) is 0 Å². The van der Waals surface area contributed by atoms with E-state index in [4.69, 9.17) is 22.9 Å². The van der Waals surface area contributed by atoms with Crippen LogP contribution in [-0.2, 0) is 78.4 Å². The lowest BCUT2D eigenvalue weighted by atomic mass is 10.1. The molecule has 0 spiro atoms. The van der Waals surface area contributed by atoms with Gasteiger partial charge in [0.15, 0.2) is 0 Å². The van der Waals surface area contributed by atoms with E-state index in [1.807, 2.05) is 121 Å². The summed E-state index contributed by atoms with van der Waals surface area (Å²) in [5.74, 6) is -5.44. The molecule has 0 bridgehead atoms. The van der Waals surface area contributed by atoms with Gasteiger partial charge in [0, 0.05) is 78.5 Å². The van der Waals surface area contributed by atoms with Crippen molar-refractivity contribution in [2.75, 3.05) is 164 Å². The van der Waals surface area contributed by atoms with Crippen molar-refractivity contribution in [3.63, 3.8) is 0 Å². The van der Waals surface area contributed by atoms with Crippen LogP contribution >= 0.6 is 0 Å². The van der Waals surface area contributed by atoms with Gasteiger partial charge in [0.05, 0.1) is 72.0 Å². The fraction of sp³-hybridized carbons (Fsp3) is 0.667. The van der Waals surface area contributed by atoms with Crippen molar-refractivity contribution in [2.24, 2.45) is 22.9 Å². The minimum absolute atomic E-state index is 0.00311. The van der Waals surface area contributed by atoms with Crippen molar-refractivity contribution >= 4 is 65.0 Å². The highest BCUT2D eigenvalue weighted by Gasteiger charge is 2.33. The van der Waals surface area contributed by atoms with Crippen molar-refractivity contribution < 1.29 is 52.7 Å². The molecule has 0 aliphatic heterocycles. The molecule has 734 valence electrons. The summed E-state index contributed by atoms with van der Waals surface area (Å²) in [4.78, 5) is 178. The minimum Gasteiger partial charge on any atom is -0.368 e. The molecule has 0 saturated carbocycles. The lowest BCUT2D eigenvalue weighted by Gasteiger charge is -2.33. The van der Waals surface area contributed by atoms with Crippen LogP contribution < -0.4 is 28.3 Å². The van der Waals surface area contributed by atoms with Crippen LogP contribution in [0.2, 0.25) is 0 Å². The Morgan fingerprint density at radius 1 is 0.214 bits per heavy atom. The van der Waals surface area contributed by atoms with Crippen LogP contribution in [-0.4, -0.2) is 278 Å². The second-order valence-electron chi connectivity index (χ2n) is 35.8. The van der Waals surface area contributed by atoms with Gasteiger partial charge in [-0.25, -0.2) is 0 Å². The Labute approximate surface area is 788 Å². The maximum Gasteiger partial charge on any atom is 0.242 e. The predicted octanol–water partition coefficient (Wildman–Crippen LogP) is 13.7. The van der Waals surface area contributed by atoms with Crippen LogP contribution in [0.1, 0.15) is 288 Å². The van der Waals surface area contributed by atoms with Crippen molar-refractivity contribution in [3.05, 3.63) is 144 Å². The predicted molar refractivity (Wildman–Crippen MR) is 529 cm³/mol. The minimum atomic E-state index is -0.638. The number of amides is 11. The zero-order chi connectivity index (χ0) is 95.0. The molecule has 0 unspecified atom stereocenters. The quantitative estimate of drug-likeness (QED) is 0.0257. The standard InChI is InChI=1S/C105H173N15O11/c1-5-9-13-17-21-25-32-50-70-111(81-95(109)121)97(123)82-112(71-51-33-26-22-18-14-10-6-2)98(124)83-113(72-52-34-27-23-19-15-11-7-3)99(125)84-114(73-53-35-28-24-20-16-12-8-4)100(126)85-115(74-62-91-54-40-36-41-55-91)101(127)87-117(76-64-93-58-44-38-45-59-93)104(130)90-120(79-68-108)105(131)88-118(77-65-94-60-46-39-47-61-94)102(128)86-116(75-63-92-56-42-37-43-57-92)103(129)89-119(78-67-107)96(122)80-110-69-49-31-29-30-48-66-106/h36-47,54-61,110H,5-35,48-53,62-90,106-108H2,1-4H3,(H2,109,121). The maximum absolute atomic E-state index is 15.7. The van der Waals surface area contributed by atoms with Crippen LogP contribution in [0.25, 0.3) is 0 Å². The number of nitrogens with zero attached hydrogens (tertiary/aromatic N) is 10. The molecular formula is C105H173N15O11. The third-order valence-electron chi connectivity index (χ3n) is 24.6. The van der Waals surface area contributed by atoms with Gasteiger partial charge >= 0.3 is 0 Å². The van der Waals surface area contributed by atoms with E-state index >= 15 is 33.6 Å². The first kappa shape index (κ1) is 114. The number of unbranched alkanes of at least 4 members (excludes halogenated alkanes) is 32. The van der Waals surface area contributed by atoms with Gasteiger partial charge in [-0.05, 0) is 99.6 Å². The van der Waals surface area contributed by atoms with Crippen LogP contribution in [0, 0.1) is 0 Å². The van der Waals surface area contributed by atoms with Crippen molar-refractivity contribution in [2.45, 2.75) is 291 Å². The number of rotatable bonds is 81. The summed E-state index contributed by atoms with van der Waals surface area (Å²) < 4.78 is 0. The van der Waals surface area contributed by atoms with Gasteiger partial charge in [-0.2, -0.15) is 0 Å². The zero-order valence-corrected chi connectivity index (χ0v) is 81.5. The molecule has 0 fully saturated rings. The smallest absolute Gasteiger partial charge is 0.242 e. The van der Waals surface area contributed by atoms with Gasteiger partial charge in [-0.1, -0.05) is 348 Å². The van der Waals surface area contributed by atoms with E-state index in [-0.39, 0.29) is 123 Å². The Morgan fingerprint density at radius 3 is 0.626 bits per heavy atom. The van der Waals surface area contributed by atoms with Crippen molar-refractivity contribution in [1.82, 2.24) is 54.3 Å². The third-order valence-corrected chi connectivity index (χ3v) is 24.6. The fourth-order valence-electron chi connectivity index (χ4n) is 16.4. The Morgan fingerprint density at radius 2 is 0.405 bits per heavy atom. The molecular weight excluding hydrogens is 1650 g/mol. The molecule has 4 rings (SSSR count). The number of nitrogens with two attached hydrogens (primary N) is 4. The highest BCUT2D eigenvalue weighted by molar-refractivity contribution is 5.95. The van der Waals surface area contributed by atoms with Crippen LogP contribution in [0.5, 0.6) is 0 Å². The normalized spacial score (nSPS) is 11.1. The van der Waals surface area contributed by atoms with Crippen LogP contribution in [0.15, 0.2) is 121 Å². The van der Waals surface area contributed by atoms with Gasteiger partial charge in [-0.15, -0.1) is 0 Å². The Kier molecular flexibility index (Phi) is 64.8. The molecule has 0 heterocycles. The lowest BCUT2D eigenvalue weighted by molar-refractivity contribution is -0.149. The van der Waals surface area contributed by atoms with Gasteiger partial charge in [0.2, 0.25) is 65.0 Å². The highest BCUT2D eigenvalue weighted by Crippen LogP contribution is 2.19. The van der Waals surface area contributed by atoms with E-state index in [2.05, 4.69) is 33.0 Å². The monoisotopic (exact) mass is 1820 g/mol. The fourth-order valence-corrected chi connectivity index (χ4v) is 16.4. The zero-order valence-electron chi connectivity index (χ0n) is 81.5. The molecule has 0 aromatic heterocycles. The second-order valence-corrected chi connectivity index (χ2v) is 35.8. The van der Waals surface area contributed by atoms with E-state index in [9.17, 15) is 19.2 Å². The van der Waals surface area contributed by atoms with Crippen LogP contribution in [0.3, 0.4) is 0 Å². The first-order chi connectivity index (χ1) is 63.8. The molecule has 26 heteroatoms. The summed E-state index contributed by atoms with van der Waals surface area (Å²) in [5, 5.41) is 3.22. The molecule has 0 aliphatic carbocycles. The van der Waals surface area contributed by atoms with Crippen LogP contribution in [0.4, 0.5) is 0 Å². The number of hydrogen-bond donors (Lipinski definition) is 5. The maximum atomic E-state index is 15.7. The van der Waals surface area contributed by atoms with Gasteiger partial charge < -0.3 is 77.3 Å². The van der Waals surface area contributed by atoms with Gasteiger partial charge in [0.25, 0.3) is 0 Å². The summed E-state index contributed by atoms with van der Waals surface area (Å²) in [7, 11) is 0. The molecule has 11 amide bonds. The van der Waals surface area contributed by atoms with E-state index in [1.165, 1.54) is 58.5 Å². The van der Waals surface area contributed by atoms with E-state index in [0.29, 0.717) is 71.0 Å². The average molecular weight is 1820 g/mol. The molecule has 26 nitrogen and oxygen atoms in total. The summed E-state index contributed by atoms with van der Waals surface area (Å²) in [5.41, 5.74) is 27.5. The summed E-state index contributed by atoms with van der Waals surface area (Å²) in [6.07, 6.45) is 38.4. The lowest BCUT2D eigenvalue weighted by Crippen LogP contribution is -2.54. The Hall–Kier alpha value is -9.11. The molecule has 0 radical (unpaired) electrons. The summed E-state index contributed by atoms with van der Waals surface area (Å²) in [6, 6.07) is 38.1. The van der Waals surface area contributed by atoms with Gasteiger partial charge in [0.1, 0.15) is 0 Å². The highest BCUT2D eigenvalue weighted by atomic mass is 16.2. The van der Waals surface area contributed by atoms with E-state index in [0.717, 1.165) is 215 Å². The third kappa shape index (κ3) is 53.4. The number of carbonyl (C=O) groups excluding carboxylic acids is 11. The SMILES string of the molecule is CCCCCCCCCCN(CC(N)=O)C(=O)CN(CCCCCCCCCC)C(=O)CN(CCCCCCCCCC)C(=O)CN(CCCCCCCCCC)C(=O)CN(CCc1ccccc1)C(=O)CN(CCc1ccccc1)C(=O)CN(CCN)C(=O)CN(CCc1ccccc1)C(=O)CN(CCc1ccccc1)C(=O)CN(CCN)C(=O)CNCCCCCCCN. The number of primary amides is 1. The second kappa shape index (κ2) is 74.3. The Balaban J connectivity index is 1.76. The van der Waals surface area contributed by atoms with Gasteiger partial charge in [-0.3, -0.25) is 52.7 Å². The number of nitrogens with one attached hydrogen (secondary N) is 1. The van der Waals surface area contributed by atoms with E-state index in [1.54, 1.807) is 9.80 Å². The largest absolute Gasteiger partial charge is 0.368 e. The molecule has 0 atom stereocenters. The molecule has 131 heavy (non-hydrogen) atoms. The Bertz CT molecular complexity index is 3720. The first-order valence-corrected chi connectivity index (χ1v) is 50.8. The molecule has 4 aromatic carbocycles. The molecule has 9 N–H and O–H groups in total. The van der Waals surface area contributed by atoms with E-state index < -0.39 is 85.9 Å².